The molecule has 1 aliphatic rings. The number of benzene rings is 2. The van der Waals surface area contributed by atoms with Crippen LogP contribution in [0.25, 0.3) is 11.1 Å². The molecule has 3 rings (SSSR count). The third-order valence-electron chi connectivity index (χ3n) is 3.42. The van der Waals surface area contributed by atoms with Crippen molar-refractivity contribution in [3.8, 4) is 17.2 Å². The van der Waals surface area contributed by atoms with Crippen molar-refractivity contribution in [2.75, 3.05) is 13.6 Å². The van der Waals surface area contributed by atoms with Gasteiger partial charge < -0.3 is 5.73 Å². The number of carbonyl (C=O) groups is 1. The van der Waals surface area contributed by atoms with Crippen molar-refractivity contribution in [2.45, 2.75) is 6.42 Å². The summed E-state index contributed by atoms with van der Waals surface area (Å²) in [4.78, 5) is 16.0. The van der Waals surface area contributed by atoms with Crippen LogP contribution in [0.2, 0.25) is 0 Å². The molecule has 116 valence electrons. The van der Waals surface area contributed by atoms with Crippen LogP contribution in [0.4, 0.5) is 0 Å². The van der Waals surface area contributed by atoms with Crippen LogP contribution in [0.5, 0.6) is 0 Å². The molecule has 0 aromatic heterocycles. The van der Waals surface area contributed by atoms with Crippen molar-refractivity contribution in [1.29, 1.82) is 5.26 Å². The maximum absolute atomic E-state index is 10.8. The van der Waals surface area contributed by atoms with Crippen LogP contribution >= 0.6 is 0 Å². The largest absolute Gasteiger partial charge is 0.369 e. The van der Waals surface area contributed by atoms with Gasteiger partial charge in [-0.1, -0.05) is 42.5 Å². The topological polar surface area (TPSA) is 82.5 Å². The Balaban J connectivity index is 0.000000185. The molecule has 1 amide bonds. The van der Waals surface area contributed by atoms with E-state index in [-0.39, 0.29) is 5.91 Å². The Kier molecular flexibility index (Phi) is 5.48. The van der Waals surface area contributed by atoms with Gasteiger partial charge in [0, 0.05) is 13.5 Å². The molecule has 5 heteroatoms. The molecule has 2 N–H and O–H groups in total. The van der Waals surface area contributed by atoms with Crippen LogP contribution in [0.1, 0.15) is 12.0 Å². The number of carbonyl (C=O) groups excluding carboxylic acids is 1. The highest BCUT2D eigenvalue weighted by Gasteiger charge is 2.15. The molecular formula is C18H18N4O. The predicted octanol–water partition coefficient (Wildman–Crippen LogP) is 2.39. The number of rotatable bonds is 1. The summed E-state index contributed by atoms with van der Waals surface area (Å²) >= 11 is 0. The fourth-order valence-electron chi connectivity index (χ4n) is 2.07. The molecule has 2 aromatic carbocycles. The summed E-state index contributed by atoms with van der Waals surface area (Å²) in [6, 6.07) is 19.8. The van der Waals surface area contributed by atoms with Gasteiger partial charge in [-0.05, 0) is 23.3 Å². The van der Waals surface area contributed by atoms with Crippen molar-refractivity contribution in [2.24, 2.45) is 10.7 Å². The van der Waals surface area contributed by atoms with E-state index in [0.29, 0.717) is 24.5 Å². The quantitative estimate of drug-likeness (QED) is 0.878. The monoisotopic (exact) mass is 306 g/mol. The number of amides is 1. The van der Waals surface area contributed by atoms with E-state index in [1.54, 1.807) is 7.05 Å². The Hall–Kier alpha value is -3.13. The van der Waals surface area contributed by atoms with Gasteiger partial charge in [-0.3, -0.25) is 14.7 Å². The first-order valence-electron chi connectivity index (χ1n) is 7.24. The van der Waals surface area contributed by atoms with Crippen molar-refractivity contribution < 1.29 is 4.79 Å². The average molecular weight is 306 g/mol. The molecule has 1 heterocycles. The molecule has 1 aliphatic heterocycles. The normalized spacial score (nSPS) is 13.5. The standard InChI is InChI=1S/C13H9N.C5H9N3O/c14-10-11-5-4-8-13(9-11)12-6-2-1-3-7-12;1-8-4(9)2-3-7-5(8)6/h1-9H;2-3H2,1H3,(H2,6,7). The van der Waals surface area contributed by atoms with Crippen LogP contribution in [0.3, 0.4) is 0 Å². The molecule has 0 bridgehead atoms. The van der Waals surface area contributed by atoms with Crippen LogP contribution in [-0.2, 0) is 4.79 Å². The summed E-state index contributed by atoms with van der Waals surface area (Å²) in [7, 11) is 1.63. The summed E-state index contributed by atoms with van der Waals surface area (Å²) in [6.45, 7) is 0.537. The molecule has 0 fully saturated rings. The highest BCUT2D eigenvalue weighted by Crippen LogP contribution is 2.19. The van der Waals surface area contributed by atoms with Gasteiger partial charge in [-0.2, -0.15) is 5.26 Å². The summed E-state index contributed by atoms with van der Waals surface area (Å²) in [5.41, 5.74) is 8.25. The predicted molar refractivity (Wildman–Crippen MR) is 90.5 cm³/mol. The zero-order valence-electron chi connectivity index (χ0n) is 12.9. The van der Waals surface area contributed by atoms with E-state index in [9.17, 15) is 4.79 Å². The van der Waals surface area contributed by atoms with Gasteiger partial charge in [-0.25, -0.2) is 0 Å². The van der Waals surface area contributed by atoms with Crippen molar-refractivity contribution in [3.05, 3.63) is 60.2 Å². The molecule has 0 atom stereocenters. The second-order valence-electron chi connectivity index (χ2n) is 5.00. The first-order valence-corrected chi connectivity index (χ1v) is 7.24. The lowest BCUT2D eigenvalue weighted by Crippen LogP contribution is -2.42. The van der Waals surface area contributed by atoms with Crippen molar-refractivity contribution in [1.82, 2.24) is 4.90 Å². The van der Waals surface area contributed by atoms with Gasteiger partial charge in [0.05, 0.1) is 18.2 Å². The minimum Gasteiger partial charge on any atom is -0.369 e. The van der Waals surface area contributed by atoms with Gasteiger partial charge in [-0.15, -0.1) is 0 Å². The lowest BCUT2D eigenvalue weighted by Gasteiger charge is -2.19. The van der Waals surface area contributed by atoms with Crippen LogP contribution in [-0.4, -0.2) is 30.4 Å². The van der Waals surface area contributed by atoms with E-state index in [4.69, 9.17) is 11.0 Å². The van der Waals surface area contributed by atoms with E-state index < -0.39 is 0 Å². The van der Waals surface area contributed by atoms with Crippen LogP contribution in [0.15, 0.2) is 59.6 Å². The number of aliphatic imine (C=N–C) groups is 1. The fourth-order valence-corrected chi connectivity index (χ4v) is 2.07. The Labute approximate surface area is 135 Å². The molecule has 0 radical (unpaired) electrons. The van der Waals surface area contributed by atoms with Gasteiger partial charge in [0.25, 0.3) is 0 Å². The van der Waals surface area contributed by atoms with E-state index >= 15 is 0 Å². The van der Waals surface area contributed by atoms with E-state index in [1.807, 2.05) is 54.6 Å². The summed E-state index contributed by atoms with van der Waals surface area (Å²) in [6.07, 6.45) is 0.483. The zero-order valence-corrected chi connectivity index (χ0v) is 12.9. The SMILES string of the molecule is CN1C(=O)CCN=C1N.N#Cc1cccc(-c2ccccc2)c1. The molecule has 5 nitrogen and oxygen atoms in total. The van der Waals surface area contributed by atoms with Crippen LogP contribution in [0, 0.1) is 11.3 Å². The summed E-state index contributed by atoms with van der Waals surface area (Å²) in [5.74, 6) is 0.369. The first kappa shape index (κ1) is 16.2. The van der Waals surface area contributed by atoms with E-state index in [0.717, 1.165) is 11.1 Å². The molecule has 0 saturated carbocycles. The van der Waals surface area contributed by atoms with Gasteiger partial charge >= 0.3 is 0 Å². The molecule has 0 aliphatic carbocycles. The van der Waals surface area contributed by atoms with Gasteiger partial charge in [0.15, 0.2) is 5.96 Å². The third kappa shape index (κ3) is 4.42. The Morgan fingerprint density at radius 3 is 2.43 bits per heavy atom. The Morgan fingerprint density at radius 1 is 1.13 bits per heavy atom. The number of nitriles is 1. The third-order valence-corrected chi connectivity index (χ3v) is 3.42. The minimum atomic E-state index is 0.0440. The molecule has 23 heavy (non-hydrogen) atoms. The second kappa shape index (κ2) is 7.76. The van der Waals surface area contributed by atoms with Crippen molar-refractivity contribution >= 4 is 11.9 Å². The number of hydrogen-bond acceptors (Lipinski definition) is 4. The minimum absolute atomic E-state index is 0.0440. The maximum Gasteiger partial charge on any atom is 0.230 e. The highest BCUT2D eigenvalue weighted by molar-refractivity contribution is 5.97. The van der Waals surface area contributed by atoms with Gasteiger partial charge in [0.2, 0.25) is 5.91 Å². The number of nitrogens with zero attached hydrogens (tertiary/aromatic N) is 3. The van der Waals surface area contributed by atoms with E-state index in [1.165, 1.54) is 4.90 Å². The number of hydrogen-bond donors (Lipinski definition) is 1. The zero-order chi connectivity index (χ0) is 16.7. The number of nitrogens with two attached hydrogens (primary N) is 1. The Bertz CT molecular complexity index is 747. The maximum atomic E-state index is 10.8. The lowest BCUT2D eigenvalue weighted by atomic mass is 10.0. The van der Waals surface area contributed by atoms with Crippen LogP contribution < -0.4 is 5.73 Å². The molecule has 0 saturated heterocycles. The summed E-state index contributed by atoms with van der Waals surface area (Å²) < 4.78 is 0. The summed E-state index contributed by atoms with van der Waals surface area (Å²) in [5, 5.41) is 8.76. The molecule has 0 unspecified atom stereocenters. The van der Waals surface area contributed by atoms with E-state index in [2.05, 4.69) is 11.1 Å². The fraction of sp³-hybridized carbons (Fsp3) is 0.167. The second-order valence-corrected chi connectivity index (χ2v) is 5.00. The molecular weight excluding hydrogens is 288 g/mol. The number of guanidine groups is 1. The Morgan fingerprint density at radius 2 is 1.83 bits per heavy atom. The van der Waals surface area contributed by atoms with Crippen molar-refractivity contribution in [3.63, 3.8) is 0 Å². The molecule has 2 aromatic rings. The smallest absolute Gasteiger partial charge is 0.230 e. The van der Waals surface area contributed by atoms with Gasteiger partial charge in [0.1, 0.15) is 0 Å². The lowest BCUT2D eigenvalue weighted by molar-refractivity contribution is -0.126. The highest BCUT2D eigenvalue weighted by atomic mass is 16.2. The average Bonchev–Trinajstić information content (AvgIpc) is 2.61. The first-order chi connectivity index (χ1) is 11.1. The molecule has 0 spiro atoms.